The molecule has 2 amide bonds. The summed E-state index contributed by atoms with van der Waals surface area (Å²) in [6.45, 7) is 2.34. The molecule has 0 aliphatic heterocycles. The summed E-state index contributed by atoms with van der Waals surface area (Å²) in [5.41, 5.74) is 9.09. The minimum Gasteiger partial charge on any atom is -0.497 e. The number of anilines is 2. The van der Waals surface area contributed by atoms with E-state index in [1.165, 1.54) is 0 Å². The molecular weight excluding hydrogens is 266 g/mol. The highest BCUT2D eigenvalue weighted by Crippen LogP contribution is 2.20. The van der Waals surface area contributed by atoms with Gasteiger partial charge in [0.25, 0.3) is 0 Å². The van der Waals surface area contributed by atoms with Crippen molar-refractivity contribution in [3.8, 4) is 5.75 Å². The molecule has 0 saturated carbocycles. The Bertz CT molecular complexity index is 641. The van der Waals surface area contributed by atoms with Crippen molar-refractivity contribution in [2.45, 2.75) is 13.5 Å². The number of aryl methyl sites for hydroxylation is 1. The molecule has 0 fully saturated rings. The maximum Gasteiger partial charge on any atom is 0.323 e. The Balaban J connectivity index is 2.10. The lowest BCUT2D eigenvalue weighted by atomic mass is 10.1. The van der Waals surface area contributed by atoms with Gasteiger partial charge in [-0.05, 0) is 36.2 Å². The second-order valence-electron chi connectivity index (χ2n) is 4.62. The highest BCUT2D eigenvalue weighted by Gasteiger charge is 2.08. The first kappa shape index (κ1) is 14.9. The van der Waals surface area contributed by atoms with Gasteiger partial charge in [0, 0.05) is 24.0 Å². The van der Waals surface area contributed by atoms with Gasteiger partial charge in [0.1, 0.15) is 5.75 Å². The van der Waals surface area contributed by atoms with Gasteiger partial charge in [-0.1, -0.05) is 18.2 Å². The largest absolute Gasteiger partial charge is 0.497 e. The van der Waals surface area contributed by atoms with Crippen LogP contribution in [0.15, 0.2) is 42.5 Å². The minimum absolute atomic E-state index is 0.316. The molecule has 4 N–H and O–H groups in total. The number of carbonyl (C=O) groups is 1. The van der Waals surface area contributed by atoms with E-state index in [1.807, 2.05) is 37.3 Å². The van der Waals surface area contributed by atoms with Crippen LogP contribution in [0.2, 0.25) is 0 Å². The minimum atomic E-state index is -0.316. The highest BCUT2D eigenvalue weighted by molar-refractivity contribution is 6.00. The fourth-order valence-corrected chi connectivity index (χ4v) is 2.08. The van der Waals surface area contributed by atoms with Gasteiger partial charge < -0.3 is 21.1 Å². The number of hydrogen-bond acceptors (Lipinski definition) is 3. The van der Waals surface area contributed by atoms with Gasteiger partial charge in [-0.2, -0.15) is 0 Å². The lowest BCUT2D eigenvalue weighted by molar-refractivity contribution is 0.262. The Morgan fingerprint density at radius 3 is 2.67 bits per heavy atom. The third-order valence-corrected chi connectivity index (χ3v) is 3.19. The Labute approximate surface area is 124 Å². The lowest BCUT2D eigenvalue weighted by Gasteiger charge is -2.13. The van der Waals surface area contributed by atoms with E-state index in [0.29, 0.717) is 18.0 Å². The van der Waals surface area contributed by atoms with Crippen molar-refractivity contribution in [3.63, 3.8) is 0 Å². The van der Waals surface area contributed by atoms with E-state index in [9.17, 15) is 4.79 Å². The third kappa shape index (κ3) is 3.73. The first-order valence-electron chi connectivity index (χ1n) is 6.64. The van der Waals surface area contributed by atoms with Crippen LogP contribution in [0.1, 0.15) is 11.1 Å². The monoisotopic (exact) mass is 285 g/mol. The molecule has 0 unspecified atom stereocenters. The quantitative estimate of drug-likeness (QED) is 0.808. The summed E-state index contributed by atoms with van der Waals surface area (Å²) in [5, 5.41) is 5.58. The average Bonchev–Trinajstić information content (AvgIpc) is 2.47. The predicted molar refractivity (Wildman–Crippen MR) is 84.7 cm³/mol. The number of urea groups is 1. The van der Waals surface area contributed by atoms with E-state index in [1.54, 1.807) is 19.2 Å². The average molecular weight is 285 g/mol. The summed E-state index contributed by atoms with van der Waals surface area (Å²) >= 11 is 0. The Hall–Kier alpha value is -2.53. The number of hydrogen-bond donors (Lipinski definition) is 3. The summed E-state index contributed by atoms with van der Waals surface area (Å²) < 4.78 is 5.12. The molecule has 5 heteroatoms. The molecule has 5 nitrogen and oxygen atoms in total. The van der Waals surface area contributed by atoms with Crippen LogP contribution >= 0.6 is 0 Å². The van der Waals surface area contributed by atoms with Gasteiger partial charge in [0.15, 0.2) is 0 Å². The standard InChI is InChI=1S/C16H19N3O2/c1-11-5-3-8-15(14(11)10-17)19-16(20)18-12-6-4-7-13(9-12)21-2/h3-9H,10,17H2,1-2H3,(H2,18,19,20). The topological polar surface area (TPSA) is 76.4 Å². The van der Waals surface area contributed by atoms with Crippen LogP contribution in [0, 0.1) is 6.92 Å². The van der Waals surface area contributed by atoms with Crippen LogP contribution in [-0.2, 0) is 6.54 Å². The number of methoxy groups -OCH3 is 1. The molecule has 0 aliphatic carbocycles. The summed E-state index contributed by atoms with van der Waals surface area (Å²) in [7, 11) is 1.58. The van der Waals surface area contributed by atoms with Gasteiger partial charge in [0.2, 0.25) is 0 Å². The molecule has 0 aliphatic rings. The fourth-order valence-electron chi connectivity index (χ4n) is 2.08. The van der Waals surface area contributed by atoms with Gasteiger partial charge >= 0.3 is 6.03 Å². The number of nitrogens with two attached hydrogens (primary N) is 1. The molecule has 2 rings (SSSR count). The van der Waals surface area contributed by atoms with E-state index in [4.69, 9.17) is 10.5 Å². The molecule has 0 saturated heterocycles. The lowest BCUT2D eigenvalue weighted by Crippen LogP contribution is -2.21. The molecule has 0 atom stereocenters. The maximum atomic E-state index is 12.1. The van der Waals surface area contributed by atoms with Crippen LogP contribution in [0.5, 0.6) is 5.75 Å². The van der Waals surface area contributed by atoms with Crippen molar-refractivity contribution in [1.82, 2.24) is 0 Å². The van der Waals surface area contributed by atoms with Crippen molar-refractivity contribution >= 4 is 17.4 Å². The normalized spacial score (nSPS) is 10.0. The SMILES string of the molecule is COc1cccc(NC(=O)Nc2cccc(C)c2CN)c1. The zero-order valence-corrected chi connectivity index (χ0v) is 12.1. The molecule has 0 spiro atoms. The second-order valence-corrected chi connectivity index (χ2v) is 4.62. The van der Waals surface area contributed by atoms with Crippen LogP contribution in [0.25, 0.3) is 0 Å². The van der Waals surface area contributed by atoms with Gasteiger partial charge in [-0.15, -0.1) is 0 Å². The summed E-state index contributed by atoms with van der Waals surface area (Å²) in [6, 6.07) is 12.5. The van der Waals surface area contributed by atoms with E-state index >= 15 is 0 Å². The van der Waals surface area contributed by atoms with E-state index in [0.717, 1.165) is 16.8 Å². The third-order valence-electron chi connectivity index (χ3n) is 3.19. The molecule has 21 heavy (non-hydrogen) atoms. The van der Waals surface area contributed by atoms with Crippen molar-refractivity contribution in [2.24, 2.45) is 5.73 Å². The summed E-state index contributed by atoms with van der Waals surface area (Å²) in [4.78, 5) is 12.1. The van der Waals surface area contributed by atoms with E-state index in [-0.39, 0.29) is 6.03 Å². The molecule has 2 aromatic rings. The van der Waals surface area contributed by atoms with Crippen LogP contribution in [0.3, 0.4) is 0 Å². The Morgan fingerprint density at radius 2 is 1.95 bits per heavy atom. The first-order chi connectivity index (χ1) is 10.1. The van der Waals surface area contributed by atoms with Crippen LogP contribution < -0.4 is 21.1 Å². The first-order valence-corrected chi connectivity index (χ1v) is 6.64. The van der Waals surface area contributed by atoms with Gasteiger partial charge in [-0.3, -0.25) is 0 Å². The zero-order valence-electron chi connectivity index (χ0n) is 12.1. The predicted octanol–water partition coefficient (Wildman–Crippen LogP) is 3.11. The van der Waals surface area contributed by atoms with E-state index < -0.39 is 0 Å². The smallest absolute Gasteiger partial charge is 0.323 e. The second kappa shape index (κ2) is 6.76. The van der Waals surface area contributed by atoms with Crippen LogP contribution in [-0.4, -0.2) is 13.1 Å². The molecule has 0 aromatic heterocycles. The number of amides is 2. The van der Waals surface area contributed by atoms with Gasteiger partial charge in [-0.25, -0.2) is 4.79 Å². The summed E-state index contributed by atoms with van der Waals surface area (Å²) in [6.07, 6.45) is 0. The Kier molecular flexibility index (Phi) is 4.79. The van der Waals surface area contributed by atoms with Crippen molar-refractivity contribution in [3.05, 3.63) is 53.6 Å². The van der Waals surface area contributed by atoms with Gasteiger partial charge in [0.05, 0.1) is 7.11 Å². The molecular formula is C16H19N3O2. The highest BCUT2D eigenvalue weighted by atomic mass is 16.5. The van der Waals surface area contributed by atoms with E-state index in [2.05, 4.69) is 10.6 Å². The van der Waals surface area contributed by atoms with Crippen molar-refractivity contribution in [2.75, 3.05) is 17.7 Å². The number of nitrogens with one attached hydrogen (secondary N) is 2. The molecule has 2 aromatic carbocycles. The van der Waals surface area contributed by atoms with Crippen molar-refractivity contribution in [1.29, 1.82) is 0 Å². The molecule has 0 radical (unpaired) electrons. The number of carbonyl (C=O) groups excluding carboxylic acids is 1. The fraction of sp³-hybridized carbons (Fsp3) is 0.188. The number of ether oxygens (including phenoxy) is 1. The summed E-state index contributed by atoms with van der Waals surface area (Å²) in [5.74, 6) is 0.686. The Morgan fingerprint density at radius 1 is 1.19 bits per heavy atom. The van der Waals surface area contributed by atoms with Crippen molar-refractivity contribution < 1.29 is 9.53 Å². The zero-order chi connectivity index (χ0) is 15.2. The molecule has 0 bridgehead atoms. The number of benzene rings is 2. The maximum absolute atomic E-state index is 12.1. The molecule has 0 heterocycles. The number of rotatable bonds is 4. The molecule has 110 valence electrons. The van der Waals surface area contributed by atoms with Crippen LogP contribution in [0.4, 0.5) is 16.2 Å².